The van der Waals surface area contributed by atoms with Crippen LogP contribution in [0.3, 0.4) is 0 Å². The van der Waals surface area contributed by atoms with Crippen LogP contribution in [0.15, 0.2) is 196 Å². The first-order chi connectivity index (χ1) is 27.7. The summed E-state index contributed by atoms with van der Waals surface area (Å²) in [6.07, 6.45) is -0.300. The number of furan rings is 1. The number of fused-ring (bicyclic) bond motifs is 10. The summed E-state index contributed by atoms with van der Waals surface area (Å²) >= 11 is 0. The molecule has 0 amide bonds. The minimum absolute atomic E-state index is 0.300. The molecule has 0 spiro atoms. The molecule has 56 heavy (non-hydrogen) atoms. The lowest BCUT2D eigenvalue weighted by atomic mass is 10.0. The Kier molecular flexibility index (Phi) is 6.63. The minimum Gasteiger partial charge on any atom is -0.456 e. The van der Waals surface area contributed by atoms with Crippen molar-refractivity contribution in [3.63, 3.8) is 0 Å². The molecule has 0 aliphatic carbocycles. The molecule has 1 atom stereocenters. The van der Waals surface area contributed by atoms with Crippen molar-refractivity contribution in [2.75, 3.05) is 0 Å². The maximum Gasteiger partial charge on any atom is 0.159 e. The second-order valence-electron chi connectivity index (χ2n) is 14.6. The van der Waals surface area contributed by atoms with E-state index in [-0.39, 0.29) is 6.17 Å². The van der Waals surface area contributed by atoms with Crippen LogP contribution in [0.1, 0.15) is 22.9 Å². The van der Waals surface area contributed by atoms with Gasteiger partial charge in [-0.3, -0.25) is 0 Å². The van der Waals surface area contributed by atoms with E-state index in [1.807, 2.05) is 18.2 Å². The van der Waals surface area contributed by atoms with Gasteiger partial charge in [-0.05, 0) is 86.4 Å². The van der Waals surface area contributed by atoms with Gasteiger partial charge in [0, 0.05) is 27.3 Å². The average Bonchev–Trinajstić information content (AvgIpc) is 3.80. The van der Waals surface area contributed by atoms with Crippen LogP contribution in [0, 0.1) is 0 Å². The smallest absolute Gasteiger partial charge is 0.159 e. The monoisotopic (exact) mass is 716 g/mol. The highest BCUT2D eigenvalue weighted by Crippen LogP contribution is 2.42. The van der Waals surface area contributed by atoms with Gasteiger partial charge >= 0.3 is 0 Å². The lowest BCUT2D eigenvalue weighted by Gasteiger charge is -2.23. The summed E-state index contributed by atoms with van der Waals surface area (Å²) in [6, 6.07) is 64.5. The zero-order valence-corrected chi connectivity index (χ0v) is 30.1. The summed E-state index contributed by atoms with van der Waals surface area (Å²) in [5, 5.41) is 15.5. The third-order valence-corrected chi connectivity index (χ3v) is 11.4. The number of aliphatic imine (C=N–C) groups is 2. The van der Waals surface area contributed by atoms with Gasteiger partial charge in [0.25, 0.3) is 0 Å². The SMILES string of the molecule is c1ccc(C2N=C(c3ccc4ccccc4c3)N=C(c3ccc4c(c3)oc3cccc(-n5c6cc7ccccc7cc6c6c7ccccc7ccc65)c34)N2)cc1. The Bertz CT molecular complexity index is 3460. The van der Waals surface area contributed by atoms with E-state index in [0.29, 0.717) is 5.84 Å². The third-order valence-electron chi connectivity index (χ3n) is 11.4. The van der Waals surface area contributed by atoms with Crippen molar-refractivity contribution in [3.05, 3.63) is 199 Å². The van der Waals surface area contributed by atoms with Crippen LogP contribution < -0.4 is 5.32 Å². The second kappa shape index (κ2) is 12.0. The first-order valence-corrected chi connectivity index (χ1v) is 19.0. The Morgan fingerprint density at radius 3 is 2.04 bits per heavy atom. The molecule has 1 unspecified atom stereocenters. The van der Waals surface area contributed by atoms with Crippen molar-refractivity contribution in [2.24, 2.45) is 9.98 Å². The number of rotatable bonds is 4. The highest BCUT2D eigenvalue weighted by molar-refractivity contribution is 6.24. The molecule has 0 bridgehead atoms. The highest BCUT2D eigenvalue weighted by atomic mass is 16.3. The molecule has 262 valence electrons. The average molecular weight is 717 g/mol. The molecule has 11 aromatic rings. The Morgan fingerprint density at radius 1 is 0.464 bits per heavy atom. The van der Waals surface area contributed by atoms with Crippen LogP contribution in [0.4, 0.5) is 0 Å². The molecule has 9 aromatic carbocycles. The maximum atomic E-state index is 6.73. The number of amidine groups is 2. The van der Waals surface area contributed by atoms with Crippen LogP contribution in [0.2, 0.25) is 0 Å². The number of nitrogens with zero attached hydrogens (tertiary/aromatic N) is 3. The standard InChI is InChI=1S/C51H32N4O/c1-2-13-33(14-3-1)49-52-50(37-22-21-31-11-4-5-15-34(31)27-37)54-51(53-49)38-23-25-40-46(30-38)56-45-20-10-19-42(48(40)45)55-43-26-24-32-12-8-9-18-39(32)47(43)41-28-35-16-6-7-17-36(35)29-44(41)55/h1-30,49H,(H,52,53,54). The summed E-state index contributed by atoms with van der Waals surface area (Å²) in [5.74, 6) is 1.44. The second-order valence-corrected chi connectivity index (χ2v) is 14.6. The Balaban J connectivity index is 1.05. The number of hydrogen-bond acceptors (Lipinski definition) is 4. The number of benzene rings is 9. The molecule has 0 fully saturated rings. The van der Waals surface area contributed by atoms with E-state index in [4.69, 9.17) is 14.4 Å². The molecule has 1 aliphatic rings. The first-order valence-electron chi connectivity index (χ1n) is 19.0. The zero-order chi connectivity index (χ0) is 36.7. The largest absolute Gasteiger partial charge is 0.456 e. The molecule has 5 nitrogen and oxygen atoms in total. The normalized spacial score (nSPS) is 14.6. The van der Waals surface area contributed by atoms with Crippen molar-refractivity contribution in [3.8, 4) is 5.69 Å². The molecule has 2 aromatic heterocycles. The molecular formula is C51H32N4O. The quantitative estimate of drug-likeness (QED) is 0.197. The van der Waals surface area contributed by atoms with Gasteiger partial charge in [-0.25, -0.2) is 9.98 Å². The zero-order valence-electron chi connectivity index (χ0n) is 30.1. The molecule has 0 saturated carbocycles. The number of aromatic nitrogens is 1. The molecule has 1 aliphatic heterocycles. The fourth-order valence-electron chi connectivity index (χ4n) is 8.73. The first kappa shape index (κ1) is 30.9. The maximum absolute atomic E-state index is 6.73. The van der Waals surface area contributed by atoms with E-state index >= 15 is 0 Å². The van der Waals surface area contributed by atoms with Crippen LogP contribution in [0.5, 0.6) is 0 Å². The van der Waals surface area contributed by atoms with E-state index in [2.05, 4.69) is 174 Å². The Labute approximate surface area is 321 Å². The predicted octanol–water partition coefficient (Wildman–Crippen LogP) is 12.6. The summed E-state index contributed by atoms with van der Waals surface area (Å²) in [5.41, 5.74) is 8.04. The molecule has 12 rings (SSSR count). The molecular weight excluding hydrogens is 685 g/mol. The minimum atomic E-state index is -0.300. The molecule has 3 heterocycles. The topological polar surface area (TPSA) is 54.8 Å². The summed E-state index contributed by atoms with van der Waals surface area (Å²) < 4.78 is 9.16. The van der Waals surface area contributed by atoms with Crippen LogP contribution in [-0.4, -0.2) is 16.2 Å². The van der Waals surface area contributed by atoms with E-state index in [9.17, 15) is 0 Å². The van der Waals surface area contributed by atoms with Crippen molar-refractivity contribution >= 4 is 87.7 Å². The van der Waals surface area contributed by atoms with Gasteiger partial charge < -0.3 is 14.3 Å². The van der Waals surface area contributed by atoms with Crippen LogP contribution in [-0.2, 0) is 0 Å². The Hall–Kier alpha value is -7.50. The van der Waals surface area contributed by atoms with Gasteiger partial charge in [0.15, 0.2) is 5.84 Å². The van der Waals surface area contributed by atoms with Gasteiger partial charge in [-0.1, -0.05) is 133 Å². The summed E-state index contributed by atoms with van der Waals surface area (Å²) in [6.45, 7) is 0. The number of hydrogen-bond donors (Lipinski definition) is 1. The Morgan fingerprint density at radius 2 is 1.18 bits per heavy atom. The van der Waals surface area contributed by atoms with Gasteiger partial charge in [0.2, 0.25) is 0 Å². The lowest BCUT2D eigenvalue weighted by molar-refractivity contribution is 0.666. The molecule has 1 N–H and O–H groups in total. The molecule has 0 saturated heterocycles. The predicted molar refractivity (Wildman–Crippen MR) is 232 cm³/mol. The number of nitrogens with one attached hydrogen (secondary N) is 1. The van der Waals surface area contributed by atoms with Gasteiger partial charge in [0.05, 0.1) is 22.1 Å². The van der Waals surface area contributed by atoms with Crippen LogP contribution in [0.25, 0.3) is 81.7 Å². The van der Waals surface area contributed by atoms with E-state index in [1.54, 1.807) is 0 Å². The van der Waals surface area contributed by atoms with Crippen molar-refractivity contribution in [1.29, 1.82) is 0 Å². The molecule has 0 radical (unpaired) electrons. The summed E-state index contributed by atoms with van der Waals surface area (Å²) in [4.78, 5) is 10.3. The van der Waals surface area contributed by atoms with E-state index < -0.39 is 0 Å². The summed E-state index contributed by atoms with van der Waals surface area (Å²) in [7, 11) is 0. The van der Waals surface area contributed by atoms with Gasteiger partial charge in [0.1, 0.15) is 23.2 Å². The molecule has 5 heteroatoms. The highest BCUT2D eigenvalue weighted by Gasteiger charge is 2.24. The van der Waals surface area contributed by atoms with Gasteiger partial charge in [-0.15, -0.1) is 0 Å². The fraction of sp³-hybridized carbons (Fsp3) is 0.0196. The van der Waals surface area contributed by atoms with Crippen molar-refractivity contribution in [1.82, 2.24) is 9.88 Å². The lowest BCUT2D eigenvalue weighted by Crippen LogP contribution is -2.33. The third kappa shape index (κ3) is 4.74. The van der Waals surface area contributed by atoms with Crippen LogP contribution >= 0.6 is 0 Å². The van der Waals surface area contributed by atoms with E-state index in [0.717, 1.165) is 55.5 Å². The van der Waals surface area contributed by atoms with E-state index in [1.165, 1.54) is 48.7 Å². The fourth-order valence-corrected chi connectivity index (χ4v) is 8.73. The van der Waals surface area contributed by atoms with Crippen molar-refractivity contribution in [2.45, 2.75) is 6.17 Å². The van der Waals surface area contributed by atoms with Gasteiger partial charge in [-0.2, -0.15) is 0 Å². The van der Waals surface area contributed by atoms with Crippen molar-refractivity contribution < 1.29 is 4.42 Å².